The predicted molar refractivity (Wildman–Crippen MR) is 65.9 cm³/mol. The minimum absolute atomic E-state index is 0.0665. The van der Waals surface area contributed by atoms with E-state index in [4.69, 9.17) is 15.2 Å². The van der Waals surface area contributed by atoms with Crippen LogP contribution < -0.4 is 5.73 Å². The van der Waals surface area contributed by atoms with Gasteiger partial charge in [0.15, 0.2) is 0 Å². The molecule has 1 rings (SSSR count). The predicted octanol–water partition coefficient (Wildman–Crippen LogP) is 0.745. The van der Waals surface area contributed by atoms with Gasteiger partial charge in [-0.3, -0.25) is 4.79 Å². The highest BCUT2D eigenvalue weighted by molar-refractivity contribution is 5.75. The zero-order valence-electron chi connectivity index (χ0n) is 11.3. The summed E-state index contributed by atoms with van der Waals surface area (Å²) in [6.07, 6.45) is 0.567. The Labute approximate surface area is 107 Å². The number of nitrogens with two attached hydrogens (primary N) is 1. The third-order valence-electron chi connectivity index (χ3n) is 2.54. The van der Waals surface area contributed by atoms with Gasteiger partial charge in [0.1, 0.15) is 12.2 Å². The summed E-state index contributed by atoms with van der Waals surface area (Å²) in [6, 6.07) is 0. The quantitative estimate of drug-likeness (QED) is 0.806. The van der Waals surface area contributed by atoms with Crippen molar-refractivity contribution in [1.29, 1.82) is 0 Å². The molecule has 18 heavy (non-hydrogen) atoms. The van der Waals surface area contributed by atoms with Gasteiger partial charge in [-0.2, -0.15) is 0 Å². The number of nitrogens with zero attached hydrogens (tertiary/aromatic N) is 1. The van der Waals surface area contributed by atoms with E-state index in [1.807, 2.05) is 20.8 Å². The van der Waals surface area contributed by atoms with Gasteiger partial charge in [0.05, 0.1) is 6.61 Å². The number of hydrogen-bond acceptors (Lipinski definition) is 4. The SMILES string of the molecule is CC(C)(C)OC(=O)N1CCC(COCC(N)=O)C1. The van der Waals surface area contributed by atoms with E-state index >= 15 is 0 Å². The molecule has 6 nitrogen and oxygen atoms in total. The Morgan fingerprint density at radius 2 is 2.06 bits per heavy atom. The second-order valence-electron chi connectivity index (χ2n) is 5.56. The molecule has 2 N–H and O–H groups in total. The van der Waals surface area contributed by atoms with Crippen LogP contribution in [0.25, 0.3) is 0 Å². The topological polar surface area (TPSA) is 81.9 Å². The molecule has 1 fully saturated rings. The van der Waals surface area contributed by atoms with Gasteiger partial charge >= 0.3 is 6.09 Å². The van der Waals surface area contributed by atoms with Crippen molar-refractivity contribution in [2.24, 2.45) is 11.7 Å². The average molecular weight is 258 g/mol. The highest BCUT2D eigenvalue weighted by Gasteiger charge is 2.29. The summed E-state index contributed by atoms with van der Waals surface area (Å²) in [5, 5.41) is 0. The first-order chi connectivity index (χ1) is 8.28. The van der Waals surface area contributed by atoms with Crippen LogP contribution in [-0.2, 0) is 14.3 Å². The molecule has 0 spiro atoms. The Hall–Kier alpha value is -1.30. The van der Waals surface area contributed by atoms with Crippen molar-refractivity contribution in [1.82, 2.24) is 4.90 Å². The van der Waals surface area contributed by atoms with Crippen LogP contribution in [-0.4, -0.2) is 48.8 Å². The van der Waals surface area contributed by atoms with E-state index in [1.165, 1.54) is 0 Å². The van der Waals surface area contributed by atoms with Crippen molar-refractivity contribution in [3.8, 4) is 0 Å². The molecule has 6 heteroatoms. The summed E-state index contributed by atoms with van der Waals surface area (Å²) < 4.78 is 10.4. The number of carbonyl (C=O) groups is 2. The van der Waals surface area contributed by atoms with Crippen molar-refractivity contribution in [3.63, 3.8) is 0 Å². The van der Waals surface area contributed by atoms with Crippen molar-refractivity contribution >= 4 is 12.0 Å². The van der Waals surface area contributed by atoms with E-state index in [0.29, 0.717) is 19.7 Å². The van der Waals surface area contributed by atoms with Gasteiger partial charge in [0.25, 0.3) is 0 Å². The second-order valence-corrected chi connectivity index (χ2v) is 5.56. The minimum Gasteiger partial charge on any atom is -0.444 e. The lowest BCUT2D eigenvalue weighted by Crippen LogP contribution is -2.35. The Balaban J connectivity index is 2.28. The lowest BCUT2D eigenvalue weighted by molar-refractivity contribution is -0.122. The fourth-order valence-electron chi connectivity index (χ4n) is 1.79. The molecule has 1 saturated heterocycles. The van der Waals surface area contributed by atoms with Crippen LogP contribution in [0.3, 0.4) is 0 Å². The summed E-state index contributed by atoms with van der Waals surface area (Å²) >= 11 is 0. The molecule has 0 saturated carbocycles. The molecule has 0 aliphatic carbocycles. The van der Waals surface area contributed by atoms with Gasteiger partial charge in [0.2, 0.25) is 5.91 Å². The monoisotopic (exact) mass is 258 g/mol. The Morgan fingerprint density at radius 1 is 1.39 bits per heavy atom. The van der Waals surface area contributed by atoms with Crippen LogP contribution in [0, 0.1) is 5.92 Å². The molecule has 0 radical (unpaired) electrons. The van der Waals surface area contributed by atoms with Gasteiger partial charge < -0.3 is 20.1 Å². The lowest BCUT2D eigenvalue weighted by Gasteiger charge is -2.24. The maximum absolute atomic E-state index is 11.8. The summed E-state index contributed by atoms with van der Waals surface area (Å²) in [5.41, 5.74) is 4.50. The third kappa shape index (κ3) is 5.35. The first-order valence-electron chi connectivity index (χ1n) is 6.12. The number of ether oxygens (including phenoxy) is 2. The fourth-order valence-corrected chi connectivity index (χ4v) is 1.79. The molecule has 0 aromatic carbocycles. The van der Waals surface area contributed by atoms with Crippen molar-refractivity contribution in [2.75, 3.05) is 26.3 Å². The molecule has 1 aliphatic heterocycles. The maximum atomic E-state index is 11.8. The Kier molecular flexibility index (Phi) is 4.95. The lowest BCUT2D eigenvalue weighted by atomic mass is 10.1. The summed E-state index contributed by atoms with van der Waals surface area (Å²) in [4.78, 5) is 24.0. The van der Waals surface area contributed by atoms with Crippen LogP contribution in [0.15, 0.2) is 0 Å². The van der Waals surface area contributed by atoms with E-state index in [9.17, 15) is 9.59 Å². The number of amides is 2. The summed E-state index contributed by atoms with van der Waals surface area (Å²) in [5.74, 6) is -0.228. The number of likely N-dealkylation sites (tertiary alicyclic amines) is 1. The minimum atomic E-state index is -0.475. The highest BCUT2D eigenvalue weighted by Crippen LogP contribution is 2.19. The van der Waals surface area contributed by atoms with Crippen LogP contribution in [0.1, 0.15) is 27.2 Å². The standard InChI is InChI=1S/C12H22N2O4/c1-12(2,3)18-11(16)14-5-4-9(6-14)7-17-8-10(13)15/h9H,4-8H2,1-3H3,(H2,13,15). The van der Waals surface area contributed by atoms with Crippen molar-refractivity contribution < 1.29 is 19.1 Å². The Bertz CT molecular complexity index is 312. The van der Waals surface area contributed by atoms with Gasteiger partial charge in [0, 0.05) is 19.0 Å². The van der Waals surface area contributed by atoms with Gasteiger partial charge in [-0.1, -0.05) is 0 Å². The molecule has 0 aromatic rings. The molecule has 1 atom stereocenters. The summed E-state index contributed by atoms with van der Waals surface area (Å²) in [6.45, 7) is 7.18. The molecule has 0 aromatic heterocycles. The first kappa shape index (κ1) is 14.8. The molecule has 0 bridgehead atoms. The first-order valence-corrected chi connectivity index (χ1v) is 6.12. The van der Waals surface area contributed by atoms with Crippen molar-refractivity contribution in [3.05, 3.63) is 0 Å². The molecular formula is C12H22N2O4. The molecule has 1 aliphatic rings. The van der Waals surface area contributed by atoms with Crippen LogP contribution in [0.4, 0.5) is 4.79 Å². The van der Waals surface area contributed by atoms with Crippen molar-refractivity contribution in [2.45, 2.75) is 32.8 Å². The van der Waals surface area contributed by atoms with E-state index in [0.717, 1.165) is 6.42 Å². The van der Waals surface area contributed by atoms with Gasteiger partial charge in [-0.15, -0.1) is 0 Å². The van der Waals surface area contributed by atoms with E-state index in [2.05, 4.69) is 0 Å². The Morgan fingerprint density at radius 3 is 2.61 bits per heavy atom. The van der Waals surface area contributed by atoms with E-state index < -0.39 is 11.5 Å². The van der Waals surface area contributed by atoms with Crippen LogP contribution >= 0.6 is 0 Å². The average Bonchev–Trinajstić information content (AvgIpc) is 2.63. The zero-order valence-corrected chi connectivity index (χ0v) is 11.3. The highest BCUT2D eigenvalue weighted by atomic mass is 16.6. The fraction of sp³-hybridized carbons (Fsp3) is 0.833. The molecule has 1 heterocycles. The molecule has 1 unspecified atom stereocenters. The van der Waals surface area contributed by atoms with Gasteiger partial charge in [-0.05, 0) is 27.2 Å². The smallest absolute Gasteiger partial charge is 0.410 e. The normalized spacial score (nSPS) is 19.9. The molecule has 104 valence electrons. The van der Waals surface area contributed by atoms with Crippen LogP contribution in [0.2, 0.25) is 0 Å². The van der Waals surface area contributed by atoms with Gasteiger partial charge in [-0.25, -0.2) is 4.79 Å². The second kappa shape index (κ2) is 6.04. The third-order valence-corrected chi connectivity index (χ3v) is 2.54. The van der Waals surface area contributed by atoms with Crippen LogP contribution in [0.5, 0.6) is 0 Å². The number of carbonyl (C=O) groups excluding carboxylic acids is 2. The van der Waals surface area contributed by atoms with E-state index in [1.54, 1.807) is 4.90 Å². The number of primary amides is 1. The number of hydrogen-bond donors (Lipinski definition) is 1. The molecule has 2 amide bonds. The maximum Gasteiger partial charge on any atom is 0.410 e. The zero-order chi connectivity index (χ0) is 13.8. The largest absolute Gasteiger partial charge is 0.444 e. The van der Waals surface area contributed by atoms with E-state index in [-0.39, 0.29) is 18.6 Å². The number of rotatable bonds is 4. The molecular weight excluding hydrogens is 236 g/mol. The summed E-state index contributed by atoms with van der Waals surface area (Å²) in [7, 11) is 0.